The molecule has 46 heavy (non-hydrogen) atoms. The number of aromatic carboxylic acids is 1. The number of carbonyl (C=O) groups excluding carboxylic acids is 1. The van der Waals surface area contributed by atoms with Gasteiger partial charge in [0.1, 0.15) is 7.05 Å². The Morgan fingerprint density at radius 3 is 2.09 bits per heavy atom. The summed E-state index contributed by atoms with van der Waals surface area (Å²) >= 11 is 0. The molecule has 0 spiro atoms. The first kappa shape index (κ1) is 32.5. The molecule has 0 atom stereocenters. The molecule has 0 aliphatic heterocycles. The Balaban J connectivity index is 1.69. The highest BCUT2D eigenvalue weighted by molar-refractivity contribution is 8.13. The van der Waals surface area contributed by atoms with Gasteiger partial charge in [-0.05, 0) is 85.7 Å². The lowest BCUT2D eigenvalue weighted by Gasteiger charge is -2.19. The second kappa shape index (κ2) is 12.1. The van der Waals surface area contributed by atoms with E-state index < -0.39 is 19.9 Å². The number of aryl methyl sites for hydroxylation is 6. The topological polar surface area (TPSA) is 148 Å². The highest BCUT2D eigenvalue weighted by Crippen LogP contribution is 2.41. The molecule has 0 fully saturated rings. The molecule has 236 valence electrons. The van der Waals surface area contributed by atoms with Crippen LogP contribution in [-0.2, 0) is 27.3 Å². The number of hydrogen-bond donors (Lipinski definition) is 2. The minimum absolute atomic E-state index is 0.0140. The maximum absolute atomic E-state index is 13.3. The number of nitrogens with zero attached hydrogens (tertiary/aromatic N) is 2. The highest BCUT2D eigenvalue weighted by atomic mass is 35.7. The molecule has 0 unspecified atom stereocenters. The molecule has 0 aliphatic rings. The fraction of sp³-hybridized carbons (Fsp3) is 0.206. The Bertz CT molecular complexity index is 2200. The lowest BCUT2D eigenvalue weighted by Crippen LogP contribution is -2.31. The third-order valence-electron chi connectivity index (χ3n) is 8.28. The summed E-state index contributed by atoms with van der Waals surface area (Å²) < 4.78 is 25.6. The van der Waals surface area contributed by atoms with Crippen LogP contribution in [0.3, 0.4) is 0 Å². The first-order chi connectivity index (χ1) is 21.6. The summed E-state index contributed by atoms with van der Waals surface area (Å²) in [6.45, 7) is 6.85. The van der Waals surface area contributed by atoms with E-state index in [4.69, 9.17) is 10.7 Å². The number of aromatic nitrogens is 1. The van der Waals surface area contributed by atoms with Gasteiger partial charge in [-0.2, -0.15) is 4.57 Å². The van der Waals surface area contributed by atoms with Gasteiger partial charge in [0, 0.05) is 52.6 Å². The molecular formula is C34H31ClN3O7S+. The fourth-order valence-corrected chi connectivity index (χ4v) is 7.18. The molecule has 4 aromatic carbocycles. The van der Waals surface area contributed by atoms with E-state index in [2.05, 4.69) is 5.32 Å². The van der Waals surface area contributed by atoms with E-state index in [0.29, 0.717) is 60.9 Å². The Hall–Kier alpha value is -4.87. The number of carbonyl (C=O) groups is 2. The average Bonchev–Trinajstić information content (AvgIpc) is 2.97. The van der Waals surface area contributed by atoms with Crippen LogP contribution in [0.15, 0.2) is 65.6 Å². The van der Waals surface area contributed by atoms with Gasteiger partial charge < -0.3 is 10.4 Å². The van der Waals surface area contributed by atoms with Crippen LogP contribution in [0, 0.1) is 37.8 Å². The number of para-hydroxylation sites is 1. The standard InChI is InChI=1S/C34H30ClN3O7S/c1-18-14-23(38(42)43)15-19(2)29(18)30-22(11-13-28(39)36-33-20(3)16-24(17-21(33)4)46(35,44)45)10-12-27-32(30)31(34(40)41)25-8-6-7-9-26(25)37(27)5/h6-10,12,14-17H,11,13H2,1-5H3,(H-,36,39,40,41)/p+1. The Labute approximate surface area is 269 Å². The minimum Gasteiger partial charge on any atom is -0.478 e. The van der Waals surface area contributed by atoms with Crippen molar-refractivity contribution in [2.24, 2.45) is 7.05 Å². The van der Waals surface area contributed by atoms with Crippen molar-refractivity contribution < 1.29 is 32.6 Å². The molecule has 1 amide bonds. The van der Waals surface area contributed by atoms with Gasteiger partial charge in [-0.1, -0.05) is 18.2 Å². The number of anilines is 1. The number of fused-ring (bicyclic) bond motifs is 2. The van der Waals surface area contributed by atoms with Gasteiger partial charge in [0.15, 0.2) is 0 Å². The number of pyridine rings is 1. The first-order valence-corrected chi connectivity index (χ1v) is 16.6. The summed E-state index contributed by atoms with van der Waals surface area (Å²) in [5.74, 6) is -1.46. The second-order valence-electron chi connectivity index (χ2n) is 11.4. The number of nitrogens with one attached hydrogen (secondary N) is 1. The van der Waals surface area contributed by atoms with E-state index in [-0.39, 0.29) is 34.9 Å². The summed E-state index contributed by atoms with van der Waals surface area (Å²) in [7, 11) is 3.42. The number of hydrogen-bond acceptors (Lipinski definition) is 6. The first-order valence-electron chi connectivity index (χ1n) is 14.3. The zero-order valence-electron chi connectivity index (χ0n) is 25.8. The molecule has 12 heteroatoms. The van der Waals surface area contributed by atoms with Gasteiger partial charge in [0.2, 0.25) is 16.9 Å². The van der Waals surface area contributed by atoms with Crippen molar-refractivity contribution in [2.75, 3.05) is 5.32 Å². The molecule has 10 nitrogen and oxygen atoms in total. The van der Waals surface area contributed by atoms with Gasteiger partial charge in [0.05, 0.1) is 26.2 Å². The third kappa shape index (κ3) is 5.91. The van der Waals surface area contributed by atoms with Crippen LogP contribution in [-0.4, -0.2) is 30.3 Å². The van der Waals surface area contributed by atoms with Crippen LogP contribution in [0.4, 0.5) is 11.4 Å². The Kier molecular flexibility index (Phi) is 8.59. The van der Waals surface area contributed by atoms with Crippen molar-refractivity contribution in [2.45, 2.75) is 45.4 Å². The summed E-state index contributed by atoms with van der Waals surface area (Å²) in [6.07, 6.45) is 0.231. The summed E-state index contributed by atoms with van der Waals surface area (Å²) in [5, 5.41) is 26.1. The minimum atomic E-state index is -3.95. The number of carboxylic acids is 1. The molecule has 1 heterocycles. The lowest BCUT2D eigenvalue weighted by molar-refractivity contribution is -0.617. The van der Waals surface area contributed by atoms with E-state index in [1.165, 1.54) is 24.3 Å². The molecule has 0 saturated carbocycles. The van der Waals surface area contributed by atoms with Gasteiger partial charge in [-0.15, -0.1) is 0 Å². The zero-order valence-corrected chi connectivity index (χ0v) is 27.3. The van der Waals surface area contributed by atoms with E-state index in [9.17, 15) is 33.2 Å². The van der Waals surface area contributed by atoms with Crippen LogP contribution < -0.4 is 9.88 Å². The van der Waals surface area contributed by atoms with Crippen molar-refractivity contribution in [3.63, 3.8) is 0 Å². The van der Waals surface area contributed by atoms with Crippen LogP contribution in [0.25, 0.3) is 32.9 Å². The number of benzene rings is 4. The van der Waals surface area contributed by atoms with Crippen molar-refractivity contribution >= 4 is 64.8 Å². The number of nitro groups is 1. The molecular weight excluding hydrogens is 630 g/mol. The molecule has 5 rings (SSSR count). The number of halogens is 1. The van der Waals surface area contributed by atoms with Gasteiger partial charge in [-0.25, -0.2) is 13.2 Å². The van der Waals surface area contributed by atoms with E-state index >= 15 is 0 Å². The second-order valence-corrected chi connectivity index (χ2v) is 13.9. The van der Waals surface area contributed by atoms with E-state index in [1.807, 2.05) is 35.9 Å². The molecule has 5 aromatic rings. The van der Waals surface area contributed by atoms with Crippen LogP contribution >= 0.6 is 10.7 Å². The number of amides is 1. The highest BCUT2D eigenvalue weighted by Gasteiger charge is 2.28. The zero-order chi connectivity index (χ0) is 33.7. The van der Waals surface area contributed by atoms with Crippen molar-refractivity contribution in [1.29, 1.82) is 0 Å². The number of carboxylic acid groups (broad SMARTS) is 1. The molecule has 0 saturated heterocycles. The maximum atomic E-state index is 13.3. The normalized spacial score (nSPS) is 11.6. The SMILES string of the molecule is Cc1cc(S(=O)(=O)Cl)cc(C)c1NC(=O)CCc1ccc2c(c1-c1c(C)cc([N+](=O)[O-])cc1C)c(C(=O)O)c1ccccc1[n+]2C. The molecule has 0 aliphatic carbocycles. The third-order valence-corrected chi connectivity index (χ3v) is 9.61. The monoisotopic (exact) mass is 660 g/mol. The molecule has 0 radical (unpaired) electrons. The van der Waals surface area contributed by atoms with Crippen LogP contribution in [0.5, 0.6) is 0 Å². The number of nitro benzene ring substituents is 1. The van der Waals surface area contributed by atoms with Crippen molar-refractivity contribution in [3.05, 3.63) is 104 Å². The Morgan fingerprint density at radius 1 is 0.913 bits per heavy atom. The van der Waals surface area contributed by atoms with Crippen molar-refractivity contribution in [1.82, 2.24) is 0 Å². The molecule has 0 bridgehead atoms. The van der Waals surface area contributed by atoms with Gasteiger partial charge in [-0.3, -0.25) is 14.9 Å². The average molecular weight is 661 g/mol. The van der Waals surface area contributed by atoms with E-state index in [0.717, 1.165) is 5.52 Å². The van der Waals surface area contributed by atoms with Gasteiger partial charge >= 0.3 is 5.97 Å². The van der Waals surface area contributed by atoms with Gasteiger partial charge in [0.25, 0.3) is 14.7 Å². The summed E-state index contributed by atoms with van der Waals surface area (Å²) in [6, 6.07) is 16.6. The van der Waals surface area contributed by atoms with Crippen LogP contribution in [0.1, 0.15) is 44.6 Å². The fourth-order valence-electron chi connectivity index (χ4n) is 6.28. The van der Waals surface area contributed by atoms with E-state index in [1.54, 1.807) is 39.8 Å². The summed E-state index contributed by atoms with van der Waals surface area (Å²) in [5.41, 5.74) is 6.07. The summed E-state index contributed by atoms with van der Waals surface area (Å²) in [4.78, 5) is 37.4. The van der Waals surface area contributed by atoms with Crippen molar-refractivity contribution in [3.8, 4) is 11.1 Å². The molecule has 1 aromatic heterocycles. The predicted octanol–water partition coefficient (Wildman–Crippen LogP) is 6.82. The predicted molar refractivity (Wildman–Crippen MR) is 177 cm³/mol. The van der Waals surface area contributed by atoms with Crippen LogP contribution in [0.2, 0.25) is 0 Å². The smallest absolute Gasteiger partial charge is 0.337 e. The number of rotatable bonds is 8. The largest absolute Gasteiger partial charge is 0.478 e. The quantitative estimate of drug-likeness (QED) is 0.0610. The molecule has 2 N–H and O–H groups in total. The number of non-ortho nitro benzene ring substituents is 1. The Morgan fingerprint density at radius 2 is 1.52 bits per heavy atom. The maximum Gasteiger partial charge on any atom is 0.337 e. The lowest BCUT2D eigenvalue weighted by atomic mass is 9.85.